The molecular weight excluding hydrogens is 206 g/mol. The van der Waals surface area contributed by atoms with Gasteiger partial charge in [0.2, 0.25) is 0 Å². The van der Waals surface area contributed by atoms with E-state index in [0.29, 0.717) is 12.2 Å². The molecule has 0 amide bonds. The van der Waals surface area contributed by atoms with Gasteiger partial charge in [-0.05, 0) is 25.5 Å². The van der Waals surface area contributed by atoms with Crippen molar-refractivity contribution < 1.29 is 13.9 Å². The first-order chi connectivity index (χ1) is 7.74. The van der Waals surface area contributed by atoms with Crippen LogP contribution in [0, 0.1) is 0 Å². The zero-order valence-electron chi connectivity index (χ0n) is 9.27. The van der Waals surface area contributed by atoms with E-state index in [1.165, 1.54) is 6.39 Å². The number of nitrogens with zero attached hydrogens (tertiary/aromatic N) is 1. The maximum atomic E-state index is 11.6. The number of ether oxygens (including phenoxy) is 1. The van der Waals surface area contributed by atoms with Gasteiger partial charge in [-0.1, -0.05) is 12.1 Å². The van der Waals surface area contributed by atoms with E-state index in [-0.39, 0.29) is 11.9 Å². The number of para-hydroxylation sites is 1. The van der Waals surface area contributed by atoms with Crippen LogP contribution in [0.5, 0.6) is 0 Å². The molecule has 1 atom stereocenters. The summed E-state index contributed by atoms with van der Waals surface area (Å²) in [5.74, 6) is -0.563. The van der Waals surface area contributed by atoms with Crippen molar-refractivity contribution in [3.8, 4) is 0 Å². The molecule has 4 nitrogen and oxygen atoms in total. The van der Waals surface area contributed by atoms with Gasteiger partial charge in [-0.15, -0.1) is 0 Å². The van der Waals surface area contributed by atoms with Crippen molar-refractivity contribution in [3.05, 3.63) is 30.2 Å². The standard InChI is InChI=1S/C12H13NO3/c1-3-15-12(14)8(2)9-5-4-6-10-11(9)13-7-16-10/h4-8H,3H2,1-2H3. The van der Waals surface area contributed by atoms with Gasteiger partial charge in [-0.25, -0.2) is 4.98 Å². The van der Waals surface area contributed by atoms with Crippen molar-refractivity contribution in [2.75, 3.05) is 6.61 Å². The average Bonchev–Trinajstić information content (AvgIpc) is 2.76. The van der Waals surface area contributed by atoms with Crippen LogP contribution in [-0.4, -0.2) is 17.6 Å². The highest BCUT2D eigenvalue weighted by Gasteiger charge is 2.19. The van der Waals surface area contributed by atoms with E-state index >= 15 is 0 Å². The van der Waals surface area contributed by atoms with Gasteiger partial charge in [0.1, 0.15) is 5.52 Å². The lowest BCUT2D eigenvalue weighted by molar-refractivity contribution is -0.144. The molecular formula is C12H13NO3. The minimum atomic E-state index is -0.325. The van der Waals surface area contributed by atoms with Gasteiger partial charge in [0, 0.05) is 0 Å². The molecule has 0 saturated heterocycles. The van der Waals surface area contributed by atoms with E-state index in [4.69, 9.17) is 9.15 Å². The van der Waals surface area contributed by atoms with Gasteiger partial charge in [-0.2, -0.15) is 0 Å². The summed E-state index contributed by atoms with van der Waals surface area (Å²) in [5.41, 5.74) is 2.25. The molecule has 0 aliphatic rings. The summed E-state index contributed by atoms with van der Waals surface area (Å²) in [5, 5.41) is 0. The number of hydrogen-bond donors (Lipinski definition) is 0. The van der Waals surface area contributed by atoms with E-state index in [2.05, 4.69) is 4.98 Å². The Balaban J connectivity index is 2.39. The molecule has 2 aromatic rings. The smallest absolute Gasteiger partial charge is 0.313 e. The molecule has 0 aliphatic heterocycles. The first-order valence-electron chi connectivity index (χ1n) is 5.22. The van der Waals surface area contributed by atoms with Gasteiger partial charge in [-0.3, -0.25) is 4.79 Å². The Morgan fingerprint density at radius 1 is 1.56 bits per heavy atom. The number of aromatic nitrogens is 1. The molecule has 1 unspecified atom stereocenters. The Kier molecular flexibility index (Phi) is 2.90. The topological polar surface area (TPSA) is 52.3 Å². The minimum absolute atomic E-state index is 0.238. The molecule has 0 saturated carbocycles. The average molecular weight is 219 g/mol. The lowest BCUT2D eigenvalue weighted by Gasteiger charge is -2.10. The third kappa shape index (κ3) is 1.78. The molecule has 16 heavy (non-hydrogen) atoms. The monoisotopic (exact) mass is 219 g/mol. The van der Waals surface area contributed by atoms with Crippen LogP contribution in [0.15, 0.2) is 29.0 Å². The van der Waals surface area contributed by atoms with Gasteiger partial charge in [0.05, 0.1) is 12.5 Å². The minimum Gasteiger partial charge on any atom is -0.466 e. The number of carbonyl (C=O) groups is 1. The maximum absolute atomic E-state index is 11.6. The van der Waals surface area contributed by atoms with Crippen LogP contribution in [0.2, 0.25) is 0 Å². The van der Waals surface area contributed by atoms with Crippen LogP contribution in [0.25, 0.3) is 11.1 Å². The second kappa shape index (κ2) is 4.35. The maximum Gasteiger partial charge on any atom is 0.313 e. The van der Waals surface area contributed by atoms with Crippen molar-refractivity contribution in [1.82, 2.24) is 4.98 Å². The summed E-state index contributed by atoms with van der Waals surface area (Å²) in [6.45, 7) is 3.99. The van der Waals surface area contributed by atoms with Crippen LogP contribution in [-0.2, 0) is 9.53 Å². The third-order valence-electron chi connectivity index (χ3n) is 2.50. The highest BCUT2D eigenvalue weighted by Crippen LogP contribution is 2.25. The molecule has 1 heterocycles. The van der Waals surface area contributed by atoms with Crippen molar-refractivity contribution >= 4 is 17.1 Å². The normalized spacial score (nSPS) is 12.6. The Bertz CT molecular complexity index is 504. The summed E-state index contributed by atoms with van der Waals surface area (Å²) in [4.78, 5) is 15.7. The van der Waals surface area contributed by atoms with Crippen LogP contribution >= 0.6 is 0 Å². The fourth-order valence-corrected chi connectivity index (χ4v) is 1.65. The molecule has 4 heteroatoms. The van der Waals surface area contributed by atoms with Crippen molar-refractivity contribution in [2.45, 2.75) is 19.8 Å². The molecule has 0 N–H and O–H groups in total. The number of rotatable bonds is 3. The fraction of sp³-hybridized carbons (Fsp3) is 0.333. The van der Waals surface area contributed by atoms with Gasteiger partial charge in [0.25, 0.3) is 0 Å². The van der Waals surface area contributed by atoms with Crippen molar-refractivity contribution in [2.24, 2.45) is 0 Å². The molecule has 0 radical (unpaired) electrons. The molecule has 1 aromatic heterocycles. The van der Waals surface area contributed by atoms with Gasteiger partial charge >= 0.3 is 5.97 Å². The summed E-state index contributed by atoms with van der Waals surface area (Å²) in [6, 6.07) is 5.54. The highest BCUT2D eigenvalue weighted by molar-refractivity contribution is 5.85. The number of hydrogen-bond acceptors (Lipinski definition) is 4. The highest BCUT2D eigenvalue weighted by atomic mass is 16.5. The van der Waals surface area contributed by atoms with Gasteiger partial charge < -0.3 is 9.15 Å². The number of esters is 1. The zero-order chi connectivity index (χ0) is 11.5. The Morgan fingerprint density at radius 3 is 3.12 bits per heavy atom. The van der Waals surface area contributed by atoms with Crippen LogP contribution in [0.4, 0.5) is 0 Å². The summed E-state index contributed by atoms with van der Waals surface area (Å²) in [6.07, 6.45) is 1.38. The number of benzene rings is 1. The van der Waals surface area contributed by atoms with E-state index in [1.54, 1.807) is 13.8 Å². The van der Waals surface area contributed by atoms with E-state index in [1.807, 2.05) is 18.2 Å². The molecule has 0 aliphatic carbocycles. The van der Waals surface area contributed by atoms with E-state index < -0.39 is 0 Å². The largest absolute Gasteiger partial charge is 0.466 e. The third-order valence-corrected chi connectivity index (χ3v) is 2.50. The molecule has 0 fully saturated rings. The molecule has 1 aromatic carbocycles. The van der Waals surface area contributed by atoms with E-state index in [9.17, 15) is 4.79 Å². The summed E-state index contributed by atoms with van der Waals surface area (Å²) in [7, 11) is 0. The Labute approximate surface area is 93.2 Å². The van der Waals surface area contributed by atoms with Crippen LogP contribution in [0.1, 0.15) is 25.3 Å². The number of carbonyl (C=O) groups excluding carboxylic acids is 1. The van der Waals surface area contributed by atoms with Crippen molar-refractivity contribution in [3.63, 3.8) is 0 Å². The van der Waals surface area contributed by atoms with Gasteiger partial charge in [0.15, 0.2) is 12.0 Å². The fourth-order valence-electron chi connectivity index (χ4n) is 1.65. The summed E-state index contributed by atoms with van der Waals surface area (Å²) < 4.78 is 10.2. The molecule has 0 bridgehead atoms. The lowest BCUT2D eigenvalue weighted by atomic mass is 10.0. The second-order valence-electron chi connectivity index (χ2n) is 3.52. The lowest BCUT2D eigenvalue weighted by Crippen LogP contribution is -2.13. The Hall–Kier alpha value is -1.84. The van der Waals surface area contributed by atoms with E-state index in [0.717, 1.165) is 11.1 Å². The zero-order valence-corrected chi connectivity index (χ0v) is 9.27. The number of fused-ring (bicyclic) bond motifs is 1. The first-order valence-corrected chi connectivity index (χ1v) is 5.22. The molecule has 84 valence electrons. The second-order valence-corrected chi connectivity index (χ2v) is 3.52. The Morgan fingerprint density at radius 2 is 2.38 bits per heavy atom. The summed E-state index contributed by atoms with van der Waals surface area (Å²) >= 11 is 0. The predicted octanol–water partition coefficient (Wildman–Crippen LogP) is 2.49. The predicted molar refractivity (Wildman–Crippen MR) is 59.1 cm³/mol. The van der Waals surface area contributed by atoms with Crippen LogP contribution in [0.3, 0.4) is 0 Å². The number of oxazole rings is 1. The van der Waals surface area contributed by atoms with Crippen molar-refractivity contribution in [1.29, 1.82) is 0 Å². The molecule has 0 spiro atoms. The molecule has 2 rings (SSSR count). The SMILES string of the molecule is CCOC(=O)C(C)c1cccc2ocnc12. The van der Waals surface area contributed by atoms with Crippen LogP contribution < -0.4 is 0 Å². The first kappa shape index (κ1) is 10.7. The quantitative estimate of drug-likeness (QED) is 0.744.